The van der Waals surface area contributed by atoms with Crippen LogP contribution in [0.3, 0.4) is 0 Å². The number of nitrogens with one attached hydrogen (secondary N) is 2. The number of hydrogen-bond donors (Lipinski definition) is 2. The van der Waals surface area contributed by atoms with Gasteiger partial charge >= 0.3 is 0 Å². The molecule has 3 nitrogen and oxygen atoms in total. The zero-order valence-electron chi connectivity index (χ0n) is 9.55. The van der Waals surface area contributed by atoms with Crippen molar-refractivity contribution in [3.63, 3.8) is 0 Å². The summed E-state index contributed by atoms with van der Waals surface area (Å²) in [4.78, 5) is 11.7. The van der Waals surface area contributed by atoms with E-state index in [2.05, 4.69) is 16.9 Å². The maximum Gasteiger partial charge on any atom is 0.237 e. The summed E-state index contributed by atoms with van der Waals surface area (Å²) in [6.45, 7) is 1.82. The van der Waals surface area contributed by atoms with Gasteiger partial charge in [-0.1, -0.05) is 6.42 Å². The van der Waals surface area contributed by atoms with Gasteiger partial charge in [0.15, 0.2) is 0 Å². The molecule has 1 unspecified atom stereocenters. The number of piperidine rings is 1. The van der Waals surface area contributed by atoms with Crippen LogP contribution in [0, 0.1) is 0 Å². The highest BCUT2D eigenvalue weighted by Gasteiger charge is 2.19. The van der Waals surface area contributed by atoms with Crippen LogP contribution in [-0.4, -0.2) is 37.0 Å². The van der Waals surface area contributed by atoms with Gasteiger partial charge < -0.3 is 10.6 Å². The van der Waals surface area contributed by atoms with Crippen LogP contribution in [-0.2, 0) is 4.79 Å². The number of thioether (sulfide) groups is 1. The molecule has 88 valence electrons. The maximum atomic E-state index is 11.7. The lowest BCUT2D eigenvalue weighted by Crippen LogP contribution is -2.46. The summed E-state index contributed by atoms with van der Waals surface area (Å²) in [5, 5.41) is 6.26. The van der Waals surface area contributed by atoms with E-state index >= 15 is 0 Å². The molecule has 0 radical (unpaired) electrons. The molecular formula is C11H22N2OS. The monoisotopic (exact) mass is 230 g/mol. The molecule has 0 aliphatic carbocycles. The average Bonchev–Trinajstić information content (AvgIpc) is 2.30. The van der Waals surface area contributed by atoms with E-state index in [1.807, 2.05) is 11.8 Å². The smallest absolute Gasteiger partial charge is 0.237 e. The Bertz CT molecular complexity index is 181. The van der Waals surface area contributed by atoms with Crippen LogP contribution in [0.25, 0.3) is 0 Å². The number of amides is 1. The Morgan fingerprint density at radius 3 is 3.00 bits per heavy atom. The van der Waals surface area contributed by atoms with Crippen LogP contribution in [0.2, 0.25) is 0 Å². The first kappa shape index (κ1) is 12.8. The van der Waals surface area contributed by atoms with Gasteiger partial charge in [0.05, 0.1) is 6.04 Å². The summed E-state index contributed by atoms with van der Waals surface area (Å²) in [6, 6.07) is 0.0688. The van der Waals surface area contributed by atoms with Gasteiger partial charge in [-0.25, -0.2) is 0 Å². The molecule has 15 heavy (non-hydrogen) atoms. The summed E-state index contributed by atoms with van der Waals surface area (Å²) in [5.74, 6) is 1.39. The summed E-state index contributed by atoms with van der Waals surface area (Å²) in [5.41, 5.74) is 0. The number of carbonyl (C=O) groups excluding carboxylic acids is 1. The van der Waals surface area contributed by atoms with E-state index in [1.165, 1.54) is 25.0 Å². The molecule has 0 aromatic rings. The molecule has 1 heterocycles. The lowest BCUT2D eigenvalue weighted by molar-refractivity contribution is -0.123. The van der Waals surface area contributed by atoms with Crippen molar-refractivity contribution in [3.8, 4) is 0 Å². The Morgan fingerprint density at radius 2 is 2.33 bits per heavy atom. The molecule has 1 fully saturated rings. The predicted molar refractivity (Wildman–Crippen MR) is 66.3 cm³/mol. The van der Waals surface area contributed by atoms with Crippen molar-refractivity contribution < 1.29 is 4.79 Å². The minimum atomic E-state index is 0.0688. The third kappa shape index (κ3) is 5.42. The van der Waals surface area contributed by atoms with E-state index in [1.54, 1.807) is 0 Å². The third-order valence-electron chi connectivity index (χ3n) is 2.70. The van der Waals surface area contributed by atoms with Crippen molar-refractivity contribution in [1.82, 2.24) is 10.6 Å². The molecule has 1 saturated heterocycles. The van der Waals surface area contributed by atoms with Crippen LogP contribution in [0.1, 0.15) is 32.1 Å². The van der Waals surface area contributed by atoms with E-state index in [0.717, 1.165) is 25.9 Å². The van der Waals surface area contributed by atoms with Crippen molar-refractivity contribution in [3.05, 3.63) is 0 Å². The van der Waals surface area contributed by atoms with Gasteiger partial charge in [0, 0.05) is 6.54 Å². The molecule has 1 rings (SSSR count). The molecule has 0 aromatic heterocycles. The van der Waals surface area contributed by atoms with E-state index in [4.69, 9.17) is 0 Å². The lowest BCUT2D eigenvalue weighted by atomic mass is 10.0. The number of rotatable bonds is 6. The molecule has 1 amide bonds. The minimum Gasteiger partial charge on any atom is -0.355 e. The van der Waals surface area contributed by atoms with Crippen molar-refractivity contribution in [1.29, 1.82) is 0 Å². The van der Waals surface area contributed by atoms with E-state index in [-0.39, 0.29) is 11.9 Å². The number of hydrogen-bond acceptors (Lipinski definition) is 3. The van der Waals surface area contributed by atoms with Gasteiger partial charge in [-0.3, -0.25) is 4.79 Å². The Hall–Kier alpha value is -0.220. The van der Waals surface area contributed by atoms with Crippen molar-refractivity contribution in [2.24, 2.45) is 0 Å². The Labute approximate surface area is 96.8 Å². The van der Waals surface area contributed by atoms with Crippen LogP contribution in [0.15, 0.2) is 0 Å². The SMILES string of the molecule is CSCCCCNC(=O)C1CCCCN1. The average molecular weight is 230 g/mol. The fraction of sp³-hybridized carbons (Fsp3) is 0.909. The molecule has 0 spiro atoms. The summed E-state index contributed by atoms with van der Waals surface area (Å²) in [7, 11) is 0. The van der Waals surface area contributed by atoms with Gasteiger partial charge in [-0.05, 0) is 44.2 Å². The Morgan fingerprint density at radius 1 is 1.47 bits per heavy atom. The second kappa shape index (κ2) is 7.99. The third-order valence-corrected chi connectivity index (χ3v) is 3.40. The van der Waals surface area contributed by atoms with Crippen molar-refractivity contribution in [2.45, 2.75) is 38.1 Å². The first-order chi connectivity index (χ1) is 7.34. The van der Waals surface area contributed by atoms with Crippen LogP contribution in [0.4, 0.5) is 0 Å². The molecule has 0 bridgehead atoms. The lowest BCUT2D eigenvalue weighted by Gasteiger charge is -2.22. The van der Waals surface area contributed by atoms with Gasteiger partial charge in [0.1, 0.15) is 0 Å². The molecule has 4 heteroatoms. The molecule has 1 aliphatic heterocycles. The predicted octanol–water partition coefficient (Wildman–Crippen LogP) is 1.39. The molecule has 1 atom stereocenters. The minimum absolute atomic E-state index is 0.0688. The van der Waals surface area contributed by atoms with Crippen LogP contribution < -0.4 is 10.6 Å². The van der Waals surface area contributed by atoms with E-state index < -0.39 is 0 Å². The molecule has 2 N–H and O–H groups in total. The van der Waals surface area contributed by atoms with Gasteiger partial charge in [-0.2, -0.15) is 11.8 Å². The molecule has 1 aliphatic rings. The largest absolute Gasteiger partial charge is 0.355 e. The second-order valence-electron chi connectivity index (χ2n) is 3.99. The van der Waals surface area contributed by atoms with Crippen molar-refractivity contribution in [2.75, 3.05) is 25.1 Å². The van der Waals surface area contributed by atoms with E-state index in [0.29, 0.717) is 0 Å². The standard InChI is InChI=1S/C11H22N2OS/c1-15-9-5-4-8-13-11(14)10-6-2-3-7-12-10/h10,12H,2-9H2,1H3,(H,13,14). The zero-order valence-corrected chi connectivity index (χ0v) is 10.4. The fourth-order valence-corrected chi connectivity index (χ4v) is 2.27. The Kier molecular flexibility index (Phi) is 6.85. The molecular weight excluding hydrogens is 208 g/mol. The topological polar surface area (TPSA) is 41.1 Å². The number of carbonyl (C=O) groups is 1. The van der Waals surface area contributed by atoms with E-state index in [9.17, 15) is 4.79 Å². The van der Waals surface area contributed by atoms with Crippen LogP contribution in [0.5, 0.6) is 0 Å². The second-order valence-corrected chi connectivity index (χ2v) is 4.98. The highest BCUT2D eigenvalue weighted by Crippen LogP contribution is 2.06. The first-order valence-corrected chi connectivity index (χ1v) is 7.24. The fourth-order valence-electron chi connectivity index (χ4n) is 1.78. The maximum absolute atomic E-state index is 11.7. The Balaban J connectivity index is 2.02. The first-order valence-electron chi connectivity index (χ1n) is 5.84. The normalized spacial score (nSPS) is 21.3. The molecule has 0 saturated carbocycles. The van der Waals surface area contributed by atoms with Crippen LogP contribution >= 0.6 is 11.8 Å². The highest BCUT2D eigenvalue weighted by molar-refractivity contribution is 7.98. The quantitative estimate of drug-likeness (QED) is 0.678. The summed E-state index contributed by atoms with van der Waals surface area (Å²) < 4.78 is 0. The number of unbranched alkanes of at least 4 members (excludes halogenated alkanes) is 1. The van der Waals surface area contributed by atoms with Crippen molar-refractivity contribution >= 4 is 17.7 Å². The van der Waals surface area contributed by atoms with Gasteiger partial charge in [0.2, 0.25) is 5.91 Å². The highest BCUT2D eigenvalue weighted by atomic mass is 32.2. The summed E-state index contributed by atoms with van der Waals surface area (Å²) >= 11 is 1.86. The van der Waals surface area contributed by atoms with Gasteiger partial charge in [0.25, 0.3) is 0 Å². The zero-order chi connectivity index (χ0) is 10.9. The molecule has 0 aromatic carbocycles. The summed E-state index contributed by atoms with van der Waals surface area (Å²) in [6.07, 6.45) is 7.79. The van der Waals surface area contributed by atoms with Gasteiger partial charge in [-0.15, -0.1) is 0 Å².